The molecule has 1 amide bonds. The average Bonchev–Trinajstić information content (AvgIpc) is 3.35. The lowest BCUT2D eigenvalue weighted by molar-refractivity contribution is -0.115. The zero-order valence-corrected chi connectivity index (χ0v) is 21.8. The number of methoxy groups -OCH3 is 1. The highest BCUT2D eigenvalue weighted by Gasteiger charge is 2.34. The summed E-state index contributed by atoms with van der Waals surface area (Å²) in [6, 6.07) is 22.9. The van der Waals surface area contributed by atoms with Crippen molar-refractivity contribution in [3.8, 4) is 22.9 Å². The highest BCUT2D eigenvalue weighted by molar-refractivity contribution is 5.95. The lowest BCUT2D eigenvalue weighted by Crippen LogP contribution is -2.31. The van der Waals surface area contributed by atoms with Gasteiger partial charge in [0.2, 0.25) is 11.9 Å². The van der Waals surface area contributed by atoms with E-state index in [4.69, 9.17) is 25.3 Å². The summed E-state index contributed by atoms with van der Waals surface area (Å²) in [5, 5.41) is 7.98. The van der Waals surface area contributed by atoms with Gasteiger partial charge in [-0.05, 0) is 54.4 Å². The largest absolute Gasteiger partial charge is 0.493 e. The summed E-state index contributed by atoms with van der Waals surface area (Å²) in [7, 11) is 5.57. The number of hydrogen-bond donors (Lipinski definition) is 2. The number of allylic oxidation sites excluding steroid dienone is 1. The molecule has 38 heavy (non-hydrogen) atoms. The van der Waals surface area contributed by atoms with Crippen LogP contribution in [0.5, 0.6) is 11.5 Å². The number of nitrogens with zero attached hydrogens (tertiary/aromatic N) is 4. The van der Waals surface area contributed by atoms with Crippen LogP contribution in [0.1, 0.15) is 24.1 Å². The second-order valence-corrected chi connectivity index (χ2v) is 9.26. The van der Waals surface area contributed by atoms with E-state index in [2.05, 4.69) is 5.32 Å². The topological polar surface area (TPSA) is 108 Å². The summed E-state index contributed by atoms with van der Waals surface area (Å²) >= 11 is 0. The van der Waals surface area contributed by atoms with Crippen LogP contribution in [0.3, 0.4) is 0 Å². The molecule has 0 saturated heterocycles. The quantitative estimate of drug-likeness (QED) is 0.362. The molecule has 194 valence electrons. The SMILES string of the molecule is COc1cc(C2C(C(N)=O)=C(C)Nc3nc(-c4ccc(N(C)C)cc4)nn32)ccc1OCc1ccccc1. The summed E-state index contributed by atoms with van der Waals surface area (Å²) < 4.78 is 13.4. The van der Waals surface area contributed by atoms with Crippen molar-refractivity contribution in [1.29, 1.82) is 0 Å². The standard InChI is InChI=1S/C29H30N6O3/c1-18-25(27(30)36)26(21-12-15-23(24(16-21)37-4)38-17-19-8-6-5-7-9-19)35-29(31-18)32-28(33-35)20-10-13-22(14-11-20)34(2)3/h5-16,26H,17H2,1-4H3,(H2,30,36)(H,31,32,33). The van der Waals surface area contributed by atoms with Gasteiger partial charge in [0.05, 0.1) is 12.7 Å². The van der Waals surface area contributed by atoms with Crippen LogP contribution in [0.2, 0.25) is 0 Å². The van der Waals surface area contributed by atoms with Crippen LogP contribution in [0.25, 0.3) is 11.4 Å². The lowest BCUT2D eigenvalue weighted by atomic mass is 9.95. The monoisotopic (exact) mass is 510 g/mol. The van der Waals surface area contributed by atoms with Gasteiger partial charge >= 0.3 is 0 Å². The Balaban J connectivity index is 1.52. The van der Waals surface area contributed by atoms with Crippen molar-refractivity contribution in [3.63, 3.8) is 0 Å². The number of nitrogens with two attached hydrogens (primary N) is 1. The first-order valence-electron chi connectivity index (χ1n) is 12.2. The van der Waals surface area contributed by atoms with Crippen molar-refractivity contribution < 1.29 is 14.3 Å². The fraction of sp³-hybridized carbons (Fsp3) is 0.207. The fourth-order valence-corrected chi connectivity index (χ4v) is 4.52. The summed E-state index contributed by atoms with van der Waals surface area (Å²) in [6.45, 7) is 2.21. The van der Waals surface area contributed by atoms with Gasteiger partial charge in [-0.3, -0.25) is 4.79 Å². The first-order chi connectivity index (χ1) is 18.4. The normalized spacial score (nSPS) is 14.5. The second-order valence-electron chi connectivity index (χ2n) is 9.26. The van der Waals surface area contributed by atoms with Gasteiger partial charge in [-0.25, -0.2) is 4.68 Å². The molecule has 0 spiro atoms. The van der Waals surface area contributed by atoms with Gasteiger partial charge in [0.1, 0.15) is 12.6 Å². The Bertz CT molecular complexity index is 1490. The molecule has 3 aromatic carbocycles. The number of fused-ring (bicyclic) bond motifs is 1. The van der Waals surface area contributed by atoms with Gasteiger partial charge in [-0.2, -0.15) is 4.98 Å². The molecule has 1 atom stereocenters. The molecule has 0 bridgehead atoms. The third-order valence-electron chi connectivity index (χ3n) is 6.50. The number of primary amides is 1. The van der Waals surface area contributed by atoms with Crippen molar-refractivity contribution >= 4 is 17.5 Å². The maximum absolute atomic E-state index is 12.6. The Morgan fingerprint density at radius 2 is 1.79 bits per heavy atom. The van der Waals surface area contributed by atoms with E-state index >= 15 is 0 Å². The van der Waals surface area contributed by atoms with E-state index in [0.717, 1.165) is 22.4 Å². The number of rotatable bonds is 8. The highest BCUT2D eigenvalue weighted by Crippen LogP contribution is 2.39. The summed E-state index contributed by atoms with van der Waals surface area (Å²) in [6.07, 6.45) is 0. The van der Waals surface area contributed by atoms with Crippen LogP contribution in [0.4, 0.5) is 11.6 Å². The minimum absolute atomic E-state index is 0.400. The van der Waals surface area contributed by atoms with Crippen LogP contribution in [0, 0.1) is 0 Å². The minimum Gasteiger partial charge on any atom is -0.493 e. The molecule has 1 aromatic heterocycles. The predicted molar refractivity (Wildman–Crippen MR) is 147 cm³/mol. The number of anilines is 2. The summed E-state index contributed by atoms with van der Waals surface area (Å²) in [5.74, 6) is 1.65. The number of ether oxygens (including phenoxy) is 2. The number of nitrogens with one attached hydrogen (secondary N) is 1. The van der Waals surface area contributed by atoms with Gasteiger partial charge in [0.25, 0.3) is 0 Å². The molecule has 1 unspecified atom stereocenters. The first kappa shape index (κ1) is 24.9. The Hall–Kier alpha value is -4.79. The number of hydrogen-bond acceptors (Lipinski definition) is 7. The molecule has 1 aliphatic heterocycles. The van der Waals surface area contributed by atoms with Crippen molar-refractivity contribution in [2.24, 2.45) is 5.73 Å². The van der Waals surface area contributed by atoms with E-state index in [1.54, 1.807) is 11.8 Å². The fourth-order valence-electron chi connectivity index (χ4n) is 4.52. The Morgan fingerprint density at radius 1 is 1.05 bits per heavy atom. The molecule has 2 heterocycles. The van der Waals surface area contributed by atoms with Gasteiger partial charge < -0.3 is 25.4 Å². The van der Waals surface area contributed by atoms with E-state index in [1.807, 2.05) is 98.7 Å². The maximum atomic E-state index is 12.6. The van der Waals surface area contributed by atoms with Crippen LogP contribution in [0.15, 0.2) is 84.1 Å². The van der Waals surface area contributed by atoms with E-state index in [1.165, 1.54) is 0 Å². The Labute approximate surface area is 221 Å². The maximum Gasteiger partial charge on any atom is 0.248 e. The molecule has 0 aliphatic carbocycles. The molecule has 0 fully saturated rings. The highest BCUT2D eigenvalue weighted by atomic mass is 16.5. The second kappa shape index (κ2) is 10.3. The smallest absolute Gasteiger partial charge is 0.248 e. The Morgan fingerprint density at radius 3 is 2.45 bits per heavy atom. The zero-order valence-electron chi connectivity index (χ0n) is 21.8. The number of carbonyl (C=O) groups is 1. The number of amides is 1. The van der Waals surface area contributed by atoms with Crippen LogP contribution in [-0.4, -0.2) is 41.9 Å². The number of carbonyl (C=O) groups excluding carboxylic acids is 1. The molecule has 4 aromatic rings. The number of aromatic nitrogens is 3. The van der Waals surface area contributed by atoms with E-state index < -0.39 is 11.9 Å². The predicted octanol–water partition coefficient (Wildman–Crippen LogP) is 4.37. The molecule has 1 aliphatic rings. The third kappa shape index (κ3) is 4.78. The molecule has 9 nitrogen and oxygen atoms in total. The summed E-state index contributed by atoms with van der Waals surface area (Å²) in [4.78, 5) is 19.4. The molecule has 0 saturated carbocycles. The van der Waals surface area contributed by atoms with Gasteiger partial charge in [-0.15, -0.1) is 5.10 Å². The van der Waals surface area contributed by atoms with E-state index in [0.29, 0.717) is 41.1 Å². The molecule has 9 heteroatoms. The van der Waals surface area contributed by atoms with Crippen molar-refractivity contribution in [1.82, 2.24) is 14.8 Å². The lowest BCUT2D eigenvalue weighted by Gasteiger charge is -2.28. The zero-order chi connectivity index (χ0) is 26.8. The van der Waals surface area contributed by atoms with E-state index in [9.17, 15) is 4.79 Å². The Kier molecular flexibility index (Phi) is 6.74. The van der Waals surface area contributed by atoms with Gasteiger partial charge in [0, 0.05) is 31.0 Å². The molecular formula is C29H30N6O3. The minimum atomic E-state index is -0.594. The molecule has 5 rings (SSSR count). The van der Waals surface area contributed by atoms with Gasteiger partial charge in [0.15, 0.2) is 17.3 Å². The van der Waals surface area contributed by atoms with Crippen molar-refractivity contribution in [3.05, 3.63) is 95.2 Å². The molecule has 3 N–H and O–H groups in total. The number of benzene rings is 3. The molecular weight excluding hydrogens is 480 g/mol. The third-order valence-corrected chi connectivity index (χ3v) is 6.50. The summed E-state index contributed by atoms with van der Waals surface area (Å²) in [5.41, 5.74) is 10.6. The van der Waals surface area contributed by atoms with Crippen molar-refractivity contribution in [2.45, 2.75) is 19.6 Å². The molecule has 0 radical (unpaired) electrons. The first-order valence-corrected chi connectivity index (χ1v) is 12.2. The van der Waals surface area contributed by atoms with Crippen molar-refractivity contribution in [2.75, 3.05) is 31.4 Å². The average molecular weight is 511 g/mol. The van der Waals surface area contributed by atoms with E-state index in [-0.39, 0.29) is 0 Å². The van der Waals surface area contributed by atoms with Gasteiger partial charge in [-0.1, -0.05) is 36.4 Å². The van der Waals surface area contributed by atoms with Crippen LogP contribution in [-0.2, 0) is 11.4 Å². The van der Waals surface area contributed by atoms with Crippen LogP contribution < -0.4 is 25.4 Å². The van der Waals surface area contributed by atoms with Crippen LogP contribution >= 0.6 is 0 Å².